The van der Waals surface area contributed by atoms with Crippen molar-refractivity contribution in [2.75, 3.05) is 20.0 Å². The monoisotopic (exact) mass is 358 g/mol. The molecule has 0 radical (unpaired) electrons. The Labute approximate surface area is 149 Å². The van der Waals surface area contributed by atoms with E-state index in [0.717, 1.165) is 27.4 Å². The summed E-state index contributed by atoms with van der Waals surface area (Å²) in [6, 6.07) is 9.76. The van der Waals surface area contributed by atoms with Gasteiger partial charge in [-0.3, -0.25) is 0 Å². The number of H-pyrrole nitrogens is 1. The fraction of sp³-hybridized carbons (Fsp3) is 0.222. The first-order valence-corrected chi connectivity index (χ1v) is 8.54. The lowest BCUT2D eigenvalue weighted by Gasteiger charge is -2.00. The summed E-state index contributed by atoms with van der Waals surface area (Å²) in [6.07, 6.45) is 1.92. The van der Waals surface area contributed by atoms with E-state index in [9.17, 15) is 4.79 Å². The van der Waals surface area contributed by atoms with Crippen LogP contribution in [0.25, 0.3) is 10.4 Å². The second kappa shape index (κ2) is 6.98. The van der Waals surface area contributed by atoms with Crippen LogP contribution in [0.2, 0.25) is 0 Å². The van der Waals surface area contributed by atoms with E-state index in [1.54, 1.807) is 7.11 Å². The van der Waals surface area contributed by atoms with Gasteiger partial charge in [-0.25, -0.2) is 4.79 Å². The van der Waals surface area contributed by atoms with Crippen LogP contribution in [0.4, 0.5) is 5.69 Å². The number of hydrogen-bond donors (Lipinski definition) is 2. The molecule has 0 amide bonds. The minimum atomic E-state index is -0.409. The van der Waals surface area contributed by atoms with Gasteiger partial charge in [0.05, 0.1) is 31.7 Å². The van der Waals surface area contributed by atoms with Crippen molar-refractivity contribution in [2.24, 2.45) is 0 Å². The van der Waals surface area contributed by atoms with Crippen molar-refractivity contribution in [1.29, 1.82) is 0 Å². The summed E-state index contributed by atoms with van der Waals surface area (Å²) in [7, 11) is 3.01. The number of thiophene rings is 1. The molecule has 0 atom stereocenters. The highest BCUT2D eigenvalue weighted by Crippen LogP contribution is 2.34. The smallest absolute Gasteiger partial charge is 0.350 e. The molecule has 3 N–H and O–H groups in total. The van der Waals surface area contributed by atoms with Crippen LogP contribution in [0.15, 0.2) is 36.5 Å². The molecule has 0 saturated heterocycles. The van der Waals surface area contributed by atoms with E-state index in [1.807, 2.05) is 48.1 Å². The van der Waals surface area contributed by atoms with E-state index >= 15 is 0 Å². The summed E-state index contributed by atoms with van der Waals surface area (Å²) in [6.45, 7) is 2.74. The molecule has 130 valence electrons. The number of nitrogens with zero attached hydrogens (tertiary/aromatic N) is 1. The molecule has 0 spiro atoms. The maximum absolute atomic E-state index is 11.7. The number of ether oxygens (including phenoxy) is 2. The van der Waals surface area contributed by atoms with Crippen molar-refractivity contribution in [3.63, 3.8) is 0 Å². The average molecular weight is 358 g/mol. The Hall–Kier alpha value is -2.80. The third-order valence-electron chi connectivity index (χ3n) is 4.06. The number of anilines is 1. The third kappa shape index (κ3) is 3.36. The van der Waals surface area contributed by atoms with Gasteiger partial charge in [-0.15, -0.1) is 16.0 Å². The van der Waals surface area contributed by atoms with Gasteiger partial charge in [0.1, 0.15) is 10.6 Å². The molecule has 3 aromatic rings. The second-order valence-electron chi connectivity index (χ2n) is 5.59. The van der Waals surface area contributed by atoms with E-state index in [0.29, 0.717) is 17.1 Å². The number of nitrogens with two attached hydrogens (primary N) is 1. The van der Waals surface area contributed by atoms with Crippen molar-refractivity contribution in [2.45, 2.75) is 13.5 Å². The molecule has 0 unspecified atom stereocenters. The summed E-state index contributed by atoms with van der Waals surface area (Å²) in [4.78, 5) is 13.1. The Morgan fingerprint density at radius 3 is 2.64 bits per heavy atom. The topological polar surface area (TPSA) is 81.2 Å². The molecule has 0 bridgehead atoms. The first-order chi connectivity index (χ1) is 12.0. The largest absolute Gasteiger partial charge is 0.497 e. The van der Waals surface area contributed by atoms with Crippen molar-refractivity contribution in [3.8, 4) is 16.2 Å². The second-order valence-corrected chi connectivity index (χ2v) is 6.65. The third-order valence-corrected chi connectivity index (χ3v) is 5.22. The Morgan fingerprint density at radius 1 is 1.28 bits per heavy atom. The van der Waals surface area contributed by atoms with Crippen LogP contribution < -0.4 is 15.2 Å². The highest BCUT2D eigenvalue weighted by molar-refractivity contribution is 7.18. The van der Waals surface area contributed by atoms with E-state index < -0.39 is 5.97 Å². The predicted octanol–water partition coefficient (Wildman–Crippen LogP) is 2.76. The highest BCUT2D eigenvalue weighted by atomic mass is 32.1. The molecular formula is C18H20N3O3S+. The summed E-state index contributed by atoms with van der Waals surface area (Å²) in [5, 5.41) is 3.26. The molecule has 0 fully saturated rings. The molecule has 6 nitrogen and oxygen atoms in total. The van der Waals surface area contributed by atoms with Gasteiger partial charge in [0, 0.05) is 17.4 Å². The molecule has 0 aliphatic rings. The summed E-state index contributed by atoms with van der Waals surface area (Å²) >= 11 is 1.33. The fourth-order valence-corrected chi connectivity index (χ4v) is 3.67. The molecule has 3 rings (SSSR count). The van der Waals surface area contributed by atoms with Gasteiger partial charge < -0.3 is 15.2 Å². The number of aromatic amines is 1. The van der Waals surface area contributed by atoms with E-state index in [1.165, 1.54) is 18.4 Å². The highest BCUT2D eigenvalue weighted by Gasteiger charge is 2.22. The number of nitrogens with one attached hydrogen (secondary N) is 1. The van der Waals surface area contributed by atoms with Crippen LogP contribution in [-0.2, 0) is 11.3 Å². The normalized spacial score (nSPS) is 10.7. The molecule has 1 aromatic carbocycles. The molecule has 2 heterocycles. The molecule has 2 aromatic heterocycles. The number of benzene rings is 1. The van der Waals surface area contributed by atoms with Gasteiger partial charge in [0.15, 0.2) is 6.54 Å². The van der Waals surface area contributed by atoms with Gasteiger partial charge in [0.25, 0.3) is 0 Å². The Bertz CT molecular complexity index is 897. The van der Waals surface area contributed by atoms with Crippen LogP contribution in [0.1, 0.15) is 20.9 Å². The van der Waals surface area contributed by atoms with Gasteiger partial charge in [0.2, 0.25) is 5.69 Å². The SMILES string of the molecule is COC(=O)c1sc(-c2c[nH][n+](Cc3ccc(OC)cc3)c2C)cc1N. The maximum atomic E-state index is 11.7. The minimum Gasteiger partial charge on any atom is -0.497 e. The van der Waals surface area contributed by atoms with Crippen molar-refractivity contribution < 1.29 is 19.0 Å². The van der Waals surface area contributed by atoms with Crippen LogP contribution in [0.3, 0.4) is 0 Å². The predicted molar refractivity (Wildman–Crippen MR) is 96.9 cm³/mol. The Kier molecular flexibility index (Phi) is 4.76. The zero-order chi connectivity index (χ0) is 18.0. The molecule has 0 aliphatic heterocycles. The molecular weight excluding hydrogens is 338 g/mol. The van der Waals surface area contributed by atoms with Crippen molar-refractivity contribution >= 4 is 23.0 Å². The lowest BCUT2D eigenvalue weighted by Crippen LogP contribution is -2.38. The first-order valence-electron chi connectivity index (χ1n) is 7.72. The number of esters is 1. The number of carbonyl (C=O) groups is 1. The van der Waals surface area contributed by atoms with Crippen LogP contribution in [-0.4, -0.2) is 25.3 Å². The van der Waals surface area contributed by atoms with Crippen LogP contribution in [0.5, 0.6) is 5.75 Å². The lowest BCUT2D eigenvalue weighted by atomic mass is 10.2. The van der Waals surface area contributed by atoms with Gasteiger partial charge in [-0.2, -0.15) is 5.10 Å². The van der Waals surface area contributed by atoms with Crippen molar-refractivity contribution in [3.05, 3.63) is 52.7 Å². The maximum Gasteiger partial charge on any atom is 0.350 e. The van der Waals surface area contributed by atoms with Crippen molar-refractivity contribution in [1.82, 2.24) is 5.10 Å². The Morgan fingerprint density at radius 2 is 2.00 bits per heavy atom. The number of nitrogen functional groups attached to an aromatic ring is 1. The first kappa shape index (κ1) is 17.0. The molecule has 7 heteroatoms. The zero-order valence-corrected chi connectivity index (χ0v) is 15.1. The van der Waals surface area contributed by atoms with Gasteiger partial charge in [-0.05, 0) is 30.3 Å². The Balaban J connectivity index is 1.87. The van der Waals surface area contributed by atoms with Gasteiger partial charge >= 0.3 is 5.97 Å². The molecule has 0 saturated carbocycles. The molecule has 0 aliphatic carbocycles. The van der Waals surface area contributed by atoms with Crippen LogP contribution >= 0.6 is 11.3 Å². The minimum absolute atomic E-state index is 0.409. The number of carbonyl (C=O) groups excluding carboxylic acids is 1. The number of aromatic nitrogens is 2. The van der Waals surface area contributed by atoms with Crippen LogP contribution in [0, 0.1) is 6.92 Å². The summed E-state index contributed by atoms with van der Waals surface area (Å²) in [5.74, 6) is 0.426. The standard InChI is InChI=1S/C18H19N3O3S/c1-11-14(16-8-15(19)17(25-16)18(22)24-3)9-20-21(11)10-12-4-6-13(23-2)7-5-12/h4-9H,10H2,1-3H3,(H2,19,22)/p+1. The van der Waals surface area contributed by atoms with Gasteiger partial charge in [-0.1, -0.05) is 0 Å². The average Bonchev–Trinajstić information content (AvgIpc) is 3.18. The lowest BCUT2D eigenvalue weighted by molar-refractivity contribution is -0.747. The fourth-order valence-electron chi connectivity index (χ4n) is 2.61. The summed E-state index contributed by atoms with van der Waals surface area (Å²) in [5.41, 5.74) is 9.62. The quantitative estimate of drug-likeness (QED) is 0.543. The number of rotatable bonds is 5. The zero-order valence-electron chi connectivity index (χ0n) is 14.3. The summed E-state index contributed by atoms with van der Waals surface area (Å²) < 4.78 is 12.0. The number of hydrogen-bond acceptors (Lipinski definition) is 5. The van der Waals surface area contributed by atoms with E-state index in [2.05, 4.69) is 5.10 Å². The van der Waals surface area contributed by atoms with E-state index in [4.69, 9.17) is 15.2 Å². The van der Waals surface area contributed by atoms with E-state index in [-0.39, 0.29) is 0 Å². The molecule has 25 heavy (non-hydrogen) atoms. The number of methoxy groups -OCH3 is 2.